The van der Waals surface area contributed by atoms with Crippen LogP contribution in [-0.2, 0) is 5.92 Å². The van der Waals surface area contributed by atoms with Crippen LogP contribution in [0.15, 0.2) is 35.7 Å². The molecule has 1 aromatic heterocycles. The standard InChI is InChI=1S/C12H11F2NS/c1-8-6-7-16-11(8)12(13,14)9-2-4-10(15)5-3-9/h2-7H,15H2,1H3. The highest BCUT2D eigenvalue weighted by Gasteiger charge is 2.36. The van der Waals surface area contributed by atoms with Crippen LogP contribution in [0.5, 0.6) is 0 Å². The van der Waals surface area contributed by atoms with Crippen LogP contribution < -0.4 is 5.73 Å². The van der Waals surface area contributed by atoms with Crippen LogP contribution >= 0.6 is 11.3 Å². The molecule has 2 aromatic rings. The molecule has 16 heavy (non-hydrogen) atoms. The van der Waals surface area contributed by atoms with E-state index in [0.717, 1.165) is 11.3 Å². The van der Waals surface area contributed by atoms with E-state index in [1.165, 1.54) is 24.3 Å². The molecule has 4 heteroatoms. The number of anilines is 1. The van der Waals surface area contributed by atoms with Gasteiger partial charge in [0.1, 0.15) is 0 Å². The van der Waals surface area contributed by atoms with Gasteiger partial charge in [-0.05, 0) is 36.1 Å². The molecule has 0 unspecified atom stereocenters. The average Bonchev–Trinajstić information content (AvgIpc) is 2.66. The van der Waals surface area contributed by atoms with E-state index in [9.17, 15) is 8.78 Å². The first-order valence-corrected chi connectivity index (χ1v) is 5.68. The van der Waals surface area contributed by atoms with Crippen molar-refractivity contribution in [2.24, 2.45) is 0 Å². The zero-order chi connectivity index (χ0) is 11.8. The Morgan fingerprint density at radius 1 is 1.12 bits per heavy atom. The largest absolute Gasteiger partial charge is 0.399 e. The number of hydrogen-bond acceptors (Lipinski definition) is 2. The lowest BCUT2D eigenvalue weighted by Gasteiger charge is -2.16. The van der Waals surface area contributed by atoms with E-state index in [1.54, 1.807) is 18.4 Å². The van der Waals surface area contributed by atoms with Crippen molar-refractivity contribution in [1.29, 1.82) is 0 Å². The third-order valence-electron chi connectivity index (χ3n) is 2.42. The Labute approximate surface area is 96.5 Å². The average molecular weight is 239 g/mol. The molecule has 0 saturated carbocycles. The van der Waals surface area contributed by atoms with E-state index >= 15 is 0 Å². The summed E-state index contributed by atoms with van der Waals surface area (Å²) in [5.41, 5.74) is 6.56. The summed E-state index contributed by atoms with van der Waals surface area (Å²) in [5, 5.41) is 1.68. The smallest absolute Gasteiger partial charge is 0.307 e. The summed E-state index contributed by atoms with van der Waals surface area (Å²) < 4.78 is 28.2. The number of halogens is 2. The Bertz CT molecular complexity index is 488. The maximum absolute atomic E-state index is 14.1. The number of hydrogen-bond donors (Lipinski definition) is 1. The first-order valence-electron chi connectivity index (χ1n) is 4.80. The van der Waals surface area contributed by atoms with Gasteiger partial charge in [-0.1, -0.05) is 12.1 Å². The number of nitrogens with two attached hydrogens (primary N) is 1. The van der Waals surface area contributed by atoms with Crippen LogP contribution in [0, 0.1) is 6.92 Å². The molecule has 2 N–H and O–H groups in total. The number of nitrogen functional groups attached to an aromatic ring is 1. The molecular formula is C12H11F2NS. The van der Waals surface area contributed by atoms with Gasteiger partial charge in [-0.2, -0.15) is 8.78 Å². The van der Waals surface area contributed by atoms with Crippen LogP contribution in [0.4, 0.5) is 14.5 Å². The van der Waals surface area contributed by atoms with Crippen LogP contribution in [0.2, 0.25) is 0 Å². The Kier molecular flexibility index (Phi) is 2.68. The third kappa shape index (κ3) is 1.80. The highest BCUT2D eigenvalue weighted by atomic mass is 32.1. The van der Waals surface area contributed by atoms with Crippen molar-refractivity contribution >= 4 is 17.0 Å². The maximum atomic E-state index is 14.1. The van der Waals surface area contributed by atoms with Gasteiger partial charge in [0.05, 0.1) is 4.88 Å². The first-order chi connectivity index (χ1) is 7.51. The van der Waals surface area contributed by atoms with Crippen molar-refractivity contribution < 1.29 is 8.78 Å². The van der Waals surface area contributed by atoms with Crippen molar-refractivity contribution in [2.75, 3.05) is 5.73 Å². The molecule has 2 rings (SSSR count). The van der Waals surface area contributed by atoms with E-state index in [2.05, 4.69) is 0 Å². The van der Waals surface area contributed by atoms with Gasteiger partial charge in [0.15, 0.2) is 0 Å². The fourth-order valence-corrected chi connectivity index (χ4v) is 2.45. The quantitative estimate of drug-likeness (QED) is 0.793. The molecule has 0 bridgehead atoms. The Morgan fingerprint density at radius 2 is 1.75 bits per heavy atom. The van der Waals surface area contributed by atoms with Gasteiger partial charge < -0.3 is 5.73 Å². The van der Waals surface area contributed by atoms with Crippen LogP contribution in [-0.4, -0.2) is 0 Å². The van der Waals surface area contributed by atoms with Crippen molar-refractivity contribution in [3.63, 3.8) is 0 Å². The Balaban J connectivity index is 2.46. The number of benzene rings is 1. The molecule has 1 heterocycles. The van der Waals surface area contributed by atoms with E-state index < -0.39 is 5.92 Å². The minimum atomic E-state index is -2.94. The summed E-state index contributed by atoms with van der Waals surface area (Å²) in [6.07, 6.45) is 0. The predicted molar refractivity (Wildman–Crippen MR) is 62.9 cm³/mol. The fourth-order valence-electron chi connectivity index (χ4n) is 1.52. The van der Waals surface area contributed by atoms with Crippen LogP contribution in [0.1, 0.15) is 16.0 Å². The summed E-state index contributed by atoms with van der Waals surface area (Å²) in [6.45, 7) is 1.69. The van der Waals surface area contributed by atoms with Gasteiger partial charge in [-0.25, -0.2) is 0 Å². The highest BCUT2D eigenvalue weighted by Crippen LogP contribution is 2.40. The Hall–Kier alpha value is -1.42. The second-order valence-electron chi connectivity index (χ2n) is 3.63. The van der Waals surface area contributed by atoms with E-state index in [-0.39, 0.29) is 10.4 Å². The van der Waals surface area contributed by atoms with Gasteiger partial charge in [-0.3, -0.25) is 0 Å². The molecule has 1 nitrogen and oxygen atoms in total. The van der Waals surface area contributed by atoms with E-state index in [1.807, 2.05) is 0 Å². The summed E-state index contributed by atoms with van der Waals surface area (Å²) in [7, 11) is 0. The van der Waals surface area contributed by atoms with Crippen molar-refractivity contribution in [3.05, 3.63) is 51.7 Å². The van der Waals surface area contributed by atoms with Gasteiger partial charge in [0.2, 0.25) is 0 Å². The van der Waals surface area contributed by atoms with Crippen LogP contribution in [0.25, 0.3) is 0 Å². The normalized spacial score (nSPS) is 11.7. The second kappa shape index (κ2) is 3.87. The number of thiophene rings is 1. The second-order valence-corrected chi connectivity index (χ2v) is 4.55. The SMILES string of the molecule is Cc1ccsc1C(F)(F)c1ccc(N)cc1. The minimum absolute atomic E-state index is 0.0211. The van der Waals surface area contributed by atoms with E-state index in [4.69, 9.17) is 5.73 Å². The molecule has 0 spiro atoms. The Morgan fingerprint density at radius 3 is 2.25 bits per heavy atom. The molecule has 0 aliphatic carbocycles. The first kappa shape index (κ1) is 11.1. The molecule has 1 aromatic carbocycles. The molecule has 0 radical (unpaired) electrons. The number of aryl methyl sites for hydroxylation is 1. The predicted octanol–water partition coefficient (Wildman–Crippen LogP) is 3.78. The highest BCUT2D eigenvalue weighted by molar-refractivity contribution is 7.10. The van der Waals surface area contributed by atoms with Gasteiger partial charge in [-0.15, -0.1) is 11.3 Å². The van der Waals surface area contributed by atoms with Gasteiger partial charge in [0.25, 0.3) is 0 Å². The lowest BCUT2D eigenvalue weighted by molar-refractivity contribution is 0.0463. The third-order valence-corrected chi connectivity index (χ3v) is 3.51. The van der Waals surface area contributed by atoms with Crippen molar-refractivity contribution in [2.45, 2.75) is 12.8 Å². The molecule has 0 amide bonds. The molecular weight excluding hydrogens is 228 g/mol. The lowest BCUT2D eigenvalue weighted by Crippen LogP contribution is -2.14. The van der Waals surface area contributed by atoms with E-state index in [0.29, 0.717) is 11.3 Å². The topological polar surface area (TPSA) is 26.0 Å². The molecule has 0 aliphatic rings. The molecule has 0 atom stereocenters. The molecule has 0 fully saturated rings. The van der Waals surface area contributed by atoms with Crippen molar-refractivity contribution in [3.8, 4) is 0 Å². The molecule has 84 valence electrons. The maximum Gasteiger partial charge on any atom is 0.307 e. The number of alkyl halides is 2. The summed E-state index contributed by atoms with van der Waals surface area (Å²) in [6, 6.07) is 7.42. The molecule has 0 saturated heterocycles. The summed E-state index contributed by atoms with van der Waals surface area (Å²) >= 11 is 1.07. The molecule has 0 aliphatic heterocycles. The van der Waals surface area contributed by atoms with Gasteiger partial charge >= 0.3 is 5.92 Å². The zero-order valence-corrected chi connectivity index (χ0v) is 9.52. The van der Waals surface area contributed by atoms with Gasteiger partial charge in [0, 0.05) is 11.3 Å². The summed E-state index contributed by atoms with van der Waals surface area (Å²) in [5.74, 6) is -2.94. The van der Waals surface area contributed by atoms with Crippen LogP contribution in [0.3, 0.4) is 0 Å². The monoisotopic (exact) mass is 239 g/mol. The fraction of sp³-hybridized carbons (Fsp3) is 0.167. The number of rotatable bonds is 2. The lowest BCUT2D eigenvalue weighted by atomic mass is 10.0. The minimum Gasteiger partial charge on any atom is -0.399 e. The zero-order valence-electron chi connectivity index (χ0n) is 8.71. The van der Waals surface area contributed by atoms with Crippen molar-refractivity contribution in [1.82, 2.24) is 0 Å². The summed E-state index contributed by atoms with van der Waals surface area (Å²) in [4.78, 5) is 0.0947.